The number of fused-ring (bicyclic) bond motifs is 1. The number of nitrogens with two attached hydrogens (primary N) is 1. The predicted molar refractivity (Wildman–Crippen MR) is 137 cm³/mol. The summed E-state index contributed by atoms with van der Waals surface area (Å²) in [6.45, 7) is 2.58. The maximum absolute atomic E-state index is 13.0. The summed E-state index contributed by atoms with van der Waals surface area (Å²) >= 11 is 0. The summed E-state index contributed by atoms with van der Waals surface area (Å²) in [5.41, 5.74) is 8.07. The Morgan fingerprint density at radius 3 is 2.54 bits per heavy atom. The number of benzene rings is 3. The first-order chi connectivity index (χ1) is 18.0. The van der Waals surface area contributed by atoms with Gasteiger partial charge in [0.15, 0.2) is 11.5 Å². The minimum atomic E-state index is -0.573. The third kappa shape index (κ3) is 5.16. The lowest BCUT2D eigenvalue weighted by Gasteiger charge is -2.28. The van der Waals surface area contributed by atoms with E-state index in [0.717, 1.165) is 12.8 Å². The summed E-state index contributed by atoms with van der Waals surface area (Å²) in [4.78, 5) is 13.0. The van der Waals surface area contributed by atoms with Gasteiger partial charge in [-0.3, -0.25) is 0 Å². The second kappa shape index (κ2) is 11.4. The molecule has 1 atom stereocenters. The van der Waals surface area contributed by atoms with Gasteiger partial charge < -0.3 is 29.4 Å². The molecule has 0 radical (unpaired) electrons. The number of nitriles is 1. The molecule has 1 aliphatic heterocycles. The monoisotopic (exact) mass is 500 g/mol. The Labute approximate surface area is 215 Å². The molecule has 37 heavy (non-hydrogen) atoms. The van der Waals surface area contributed by atoms with Crippen molar-refractivity contribution < 1.29 is 28.5 Å². The highest BCUT2D eigenvalue weighted by atomic mass is 16.5. The van der Waals surface area contributed by atoms with E-state index in [9.17, 15) is 10.1 Å². The molecule has 8 heteroatoms. The number of ether oxygens (including phenoxy) is 5. The molecule has 0 saturated carbocycles. The number of hydrogen-bond donors (Lipinski definition) is 1. The summed E-state index contributed by atoms with van der Waals surface area (Å²) in [6.07, 6.45) is 1.86. The molecule has 0 saturated heterocycles. The van der Waals surface area contributed by atoms with Crippen LogP contribution >= 0.6 is 0 Å². The topological polar surface area (TPSA) is 113 Å². The number of carbonyl (C=O) groups is 1. The van der Waals surface area contributed by atoms with Crippen LogP contribution in [-0.2, 0) is 0 Å². The second-order valence-corrected chi connectivity index (χ2v) is 8.29. The summed E-state index contributed by atoms with van der Waals surface area (Å²) in [7, 11) is 3.08. The fraction of sp³-hybridized carbons (Fsp3) is 0.241. The predicted octanol–water partition coefficient (Wildman–Crippen LogP) is 5.32. The van der Waals surface area contributed by atoms with Gasteiger partial charge in [0.25, 0.3) is 0 Å². The van der Waals surface area contributed by atoms with Crippen LogP contribution in [-0.4, -0.2) is 26.8 Å². The molecule has 0 amide bonds. The molecule has 4 rings (SSSR count). The molecule has 1 heterocycles. The van der Waals surface area contributed by atoms with Crippen LogP contribution in [0.3, 0.4) is 0 Å². The highest BCUT2D eigenvalue weighted by molar-refractivity contribution is 5.94. The maximum Gasteiger partial charge on any atom is 0.347 e. The first-order valence-corrected chi connectivity index (χ1v) is 11.9. The van der Waals surface area contributed by atoms with Crippen molar-refractivity contribution in [2.45, 2.75) is 25.7 Å². The van der Waals surface area contributed by atoms with Crippen LogP contribution in [0.5, 0.6) is 28.7 Å². The van der Waals surface area contributed by atoms with E-state index in [1.54, 1.807) is 55.6 Å². The molecule has 2 N–H and O–H groups in total. The Bertz CT molecular complexity index is 1380. The summed E-state index contributed by atoms with van der Waals surface area (Å²) < 4.78 is 28.3. The average molecular weight is 501 g/mol. The summed E-state index contributed by atoms with van der Waals surface area (Å²) in [6, 6.07) is 19.5. The highest BCUT2D eigenvalue weighted by Gasteiger charge is 2.34. The number of allylic oxidation sites excluding steroid dienone is 1. The van der Waals surface area contributed by atoms with E-state index in [2.05, 4.69) is 13.0 Å². The van der Waals surface area contributed by atoms with Gasteiger partial charge in [-0.05, 0) is 30.7 Å². The third-order valence-corrected chi connectivity index (χ3v) is 6.01. The summed E-state index contributed by atoms with van der Waals surface area (Å²) in [5.74, 6) is 0.925. The van der Waals surface area contributed by atoms with Crippen LogP contribution in [0.4, 0.5) is 0 Å². The van der Waals surface area contributed by atoms with Gasteiger partial charge in [-0.15, -0.1) is 0 Å². The van der Waals surface area contributed by atoms with Crippen molar-refractivity contribution in [2.24, 2.45) is 5.73 Å². The Morgan fingerprint density at radius 1 is 1.03 bits per heavy atom. The van der Waals surface area contributed by atoms with Gasteiger partial charge in [0.05, 0.1) is 26.7 Å². The number of carbonyl (C=O) groups excluding carboxylic acids is 1. The zero-order chi connectivity index (χ0) is 26.4. The number of rotatable bonds is 9. The smallest absolute Gasteiger partial charge is 0.347 e. The molecular formula is C29H28N2O6. The van der Waals surface area contributed by atoms with E-state index in [-0.39, 0.29) is 17.2 Å². The fourth-order valence-corrected chi connectivity index (χ4v) is 4.21. The van der Waals surface area contributed by atoms with E-state index in [0.29, 0.717) is 46.3 Å². The van der Waals surface area contributed by atoms with Crippen LogP contribution in [0.1, 0.15) is 47.2 Å². The standard InChI is InChI=1S/C29H28N2O6/c1-4-5-15-35-23-11-7-6-9-20(23)29(32)36-18-13-14-19-25(16-18)37-28(31)22(17-30)26(19)21-10-8-12-24(33-2)27(21)34-3/h6-14,16,26H,4-5,15,31H2,1-3H3. The first kappa shape index (κ1) is 25.5. The van der Waals surface area contributed by atoms with E-state index in [1.165, 1.54) is 7.11 Å². The lowest BCUT2D eigenvalue weighted by Crippen LogP contribution is -2.21. The molecular weight excluding hydrogens is 472 g/mol. The van der Waals surface area contributed by atoms with Crippen LogP contribution in [0, 0.1) is 11.3 Å². The zero-order valence-electron chi connectivity index (χ0n) is 20.9. The molecule has 1 aliphatic rings. The van der Waals surface area contributed by atoms with Crippen molar-refractivity contribution in [2.75, 3.05) is 20.8 Å². The largest absolute Gasteiger partial charge is 0.493 e. The SMILES string of the molecule is CCCCOc1ccccc1C(=O)Oc1ccc2c(c1)OC(N)=C(C#N)C2c1cccc(OC)c1OC. The van der Waals surface area contributed by atoms with Crippen molar-refractivity contribution >= 4 is 5.97 Å². The van der Waals surface area contributed by atoms with Gasteiger partial charge in [0.1, 0.15) is 34.5 Å². The second-order valence-electron chi connectivity index (χ2n) is 8.29. The van der Waals surface area contributed by atoms with Gasteiger partial charge >= 0.3 is 5.97 Å². The van der Waals surface area contributed by atoms with Gasteiger partial charge in [-0.25, -0.2) is 4.79 Å². The van der Waals surface area contributed by atoms with Crippen molar-refractivity contribution in [1.82, 2.24) is 0 Å². The van der Waals surface area contributed by atoms with Crippen molar-refractivity contribution in [3.05, 3.63) is 88.8 Å². The van der Waals surface area contributed by atoms with Gasteiger partial charge in [0.2, 0.25) is 5.88 Å². The minimum Gasteiger partial charge on any atom is -0.493 e. The Balaban J connectivity index is 1.68. The zero-order valence-corrected chi connectivity index (χ0v) is 20.9. The van der Waals surface area contributed by atoms with Crippen LogP contribution in [0.15, 0.2) is 72.1 Å². The summed E-state index contributed by atoms with van der Waals surface area (Å²) in [5, 5.41) is 9.89. The van der Waals surface area contributed by atoms with Crippen molar-refractivity contribution in [3.8, 4) is 34.8 Å². The molecule has 1 unspecified atom stereocenters. The molecule has 3 aromatic carbocycles. The number of para-hydroxylation sites is 2. The molecule has 8 nitrogen and oxygen atoms in total. The number of esters is 1. The first-order valence-electron chi connectivity index (χ1n) is 11.9. The third-order valence-electron chi connectivity index (χ3n) is 6.01. The average Bonchev–Trinajstić information content (AvgIpc) is 2.92. The van der Waals surface area contributed by atoms with Gasteiger partial charge in [0, 0.05) is 17.2 Å². The number of hydrogen-bond acceptors (Lipinski definition) is 8. The minimum absolute atomic E-state index is 0.0389. The Hall–Kier alpha value is -4.64. The Morgan fingerprint density at radius 2 is 1.81 bits per heavy atom. The quantitative estimate of drug-likeness (QED) is 0.239. The van der Waals surface area contributed by atoms with Gasteiger partial charge in [-0.1, -0.05) is 43.7 Å². The number of nitrogens with zero attached hydrogens (tertiary/aromatic N) is 1. The van der Waals surface area contributed by atoms with Crippen molar-refractivity contribution in [3.63, 3.8) is 0 Å². The van der Waals surface area contributed by atoms with E-state index in [4.69, 9.17) is 29.4 Å². The normalized spacial score (nSPS) is 14.2. The molecule has 0 fully saturated rings. The van der Waals surface area contributed by atoms with Crippen LogP contribution < -0.4 is 29.4 Å². The molecule has 3 aromatic rings. The van der Waals surface area contributed by atoms with Crippen molar-refractivity contribution in [1.29, 1.82) is 5.26 Å². The number of unbranched alkanes of at least 4 members (excludes halogenated alkanes) is 1. The van der Waals surface area contributed by atoms with E-state index >= 15 is 0 Å². The highest BCUT2D eigenvalue weighted by Crippen LogP contribution is 2.48. The van der Waals surface area contributed by atoms with Crippen LogP contribution in [0.2, 0.25) is 0 Å². The molecule has 0 aromatic heterocycles. The maximum atomic E-state index is 13.0. The lowest BCUT2D eigenvalue weighted by molar-refractivity contribution is 0.0730. The van der Waals surface area contributed by atoms with Gasteiger partial charge in [-0.2, -0.15) is 5.26 Å². The lowest BCUT2D eigenvalue weighted by atomic mass is 9.83. The van der Waals surface area contributed by atoms with Crippen LogP contribution in [0.25, 0.3) is 0 Å². The van der Waals surface area contributed by atoms with E-state index in [1.807, 2.05) is 12.1 Å². The van der Waals surface area contributed by atoms with E-state index < -0.39 is 11.9 Å². The Kier molecular flexibility index (Phi) is 7.84. The number of methoxy groups -OCH3 is 2. The molecule has 0 aliphatic carbocycles. The fourth-order valence-electron chi connectivity index (χ4n) is 4.21. The molecule has 0 spiro atoms. The molecule has 0 bridgehead atoms. The molecule has 190 valence electrons.